The third-order valence-corrected chi connectivity index (χ3v) is 3.86. The molecule has 0 spiro atoms. The summed E-state index contributed by atoms with van der Waals surface area (Å²) in [6.07, 6.45) is 3.97. The van der Waals surface area contributed by atoms with Crippen molar-refractivity contribution in [3.8, 4) is 5.75 Å². The molecule has 0 unspecified atom stereocenters. The van der Waals surface area contributed by atoms with Crippen LogP contribution in [0, 0.1) is 5.92 Å². The molecule has 1 aliphatic rings. The van der Waals surface area contributed by atoms with E-state index in [1.807, 2.05) is 24.3 Å². The Morgan fingerprint density at radius 1 is 1.48 bits per heavy atom. The second kappa shape index (κ2) is 8.03. The summed E-state index contributed by atoms with van der Waals surface area (Å²) in [7, 11) is 0. The zero-order chi connectivity index (χ0) is 15.1. The molecule has 2 rings (SSSR count). The number of nitrogens with one attached hydrogen (secondary N) is 2. The van der Waals surface area contributed by atoms with E-state index in [1.165, 1.54) is 0 Å². The van der Waals surface area contributed by atoms with Gasteiger partial charge in [-0.25, -0.2) is 0 Å². The van der Waals surface area contributed by atoms with Gasteiger partial charge in [0.05, 0.1) is 6.61 Å². The number of ether oxygens (including phenoxy) is 1. The number of amides is 1. The molecule has 4 nitrogen and oxygen atoms in total. The van der Waals surface area contributed by atoms with Gasteiger partial charge in [0.25, 0.3) is 0 Å². The van der Waals surface area contributed by atoms with Crippen LogP contribution in [0.2, 0.25) is 0 Å². The summed E-state index contributed by atoms with van der Waals surface area (Å²) in [4.78, 5) is 12.3. The molecule has 1 aromatic rings. The van der Waals surface area contributed by atoms with Crippen LogP contribution >= 0.6 is 0 Å². The van der Waals surface area contributed by atoms with Crippen molar-refractivity contribution in [2.45, 2.75) is 45.6 Å². The van der Waals surface area contributed by atoms with Crippen molar-refractivity contribution in [2.24, 2.45) is 5.92 Å². The summed E-state index contributed by atoms with van der Waals surface area (Å²) in [6, 6.07) is 8.07. The molecular formula is C17H26N2O2. The van der Waals surface area contributed by atoms with Crippen LogP contribution in [0.3, 0.4) is 0 Å². The fourth-order valence-electron chi connectivity index (χ4n) is 2.61. The van der Waals surface area contributed by atoms with E-state index in [0.717, 1.165) is 50.3 Å². The Bertz CT molecular complexity index is 462. The second-order valence-corrected chi connectivity index (χ2v) is 5.80. The monoisotopic (exact) mass is 290 g/mol. The quantitative estimate of drug-likeness (QED) is 0.791. The van der Waals surface area contributed by atoms with Crippen molar-refractivity contribution in [3.63, 3.8) is 0 Å². The fraction of sp³-hybridized carbons (Fsp3) is 0.588. The maximum absolute atomic E-state index is 12.3. The Morgan fingerprint density at radius 2 is 2.33 bits per heavy atom. The van der Waals surface area contributed by atoms with Crippen molar-refractivity contribution in [3.05, 3.63) is 24.3 Å². The van der Waals surface area contributed by atoms with Crippen molar-refractivity contribution in [2.75, 3.05) is 18.5 Å². The number of unbranched alkanes of at least 4 members (excludes halogenated alkanes) is 1. The molecule has 21 heavy (non-hydrogen) atoms. The van der Waals surface area contributed by atoms with Gasteiger partial charge >= 0.3 is 0 Å². The summed E-state index contributed by atoms with van der Waals surface area (Å²) >= 11 is 0. The maximum Gasteiger partial charge on any atom is 0.227 e. The molecule has 0 radical (unpaired) electrons. The third-order valence-electron chi connectivity index (χ3n) is 3.86. The maximum atomic E-state index is 12.3. The molecule has 2 atom stereocenters. The van der Waals surface area contributed by atoms with Crippen LogP contribution in [0.15, 0.2) is 24.3 Å². The second-order valence-electron chi connectivity index (χ2n) is 5.80. The molecule has 1 saturated heterocycles. The number of rotatable bonds is 6. The SMILES string of the molecule is CCCCOc1cccc(NC(=O)[C@H]2CCN[C@@H](C)C2)c1. The standard InChI is InChI=1S/C17H26N2O2/c1-3-4-10-21-16-7-5-6-15(12-16)19-17(20)14-8-9-18-13(2)11-14/h5-7,12-14,18H,3-4,8-11H2,1-2H3,(H,19,20)/t13-,14-/m0/s1. The first-order chi connectivity index (χ1) is 10.2. The van der Waals surface area contributed by atoms with Gasteiger partial charge in [0.15, 0.2) is 0 Å². The van der Waals surface area contributed by atoms with E-state index in [9.17, 15) is 4.79 Å². The molecule has 116 valence electrons. The lowest BCUT2D eigenvalue weighted by atomic mass is 9.92. The number of hydrogen-bond acceptors (Lipinski definition) is 3. The average Bonchev–Trinajstić information content (AvgIpc) is 2.48. The molecule has 1 aromatic carbocycles. The number of piperidine rings is 1. The average molecular weight is 290 g/mol. The van der Waals surface area contributed by atoms with E-state index in [1.54, 1.807) is 0 Å². The first kappa shape index (κ1) is 15.8. The molecule has 0 aliphatic carbocycles. The van der Waals surface area contributed by atoms with Crippen molar-refractivity contribution in [1.82, 2.24) is 5.32 Å². The summed E-state index contributed by atoms with van der Waals surface area (Å²) in [5, 5.41) is 6.38. The van der Waals surface area contributed by atoms with Gasteiger partial charge in [0, 0.05) is 23.7 Å². The molecule has 2 N–H and O–H groups in total. The molecular weight excluding hydrogens is 264 g/mol. The van der Waals surface area contributed by atoms with E-state index in [-0.39, 0.29) is 11.8 Å². The number of carbonyl (C=O) groups is 1. The van der Waals surface area contributed by atoms with Gasteiger partial charge in [-0.3, -0.25) is 4.79 Å². The van der Waals surface area contributed by atoms with Crippen LogP contribution in [0.5, 0.6) is 5.75 Å². The number of carbonyl (C=O) groups excluding carboxylic acids is 1. The van der Waals surface area contributed by atoms with Crippen LogP contribution < -0.4 is 15.4 Å². The number of hydrogen-bond donors (Lipinski definition) is 2. The molecule has 0 bridgehead atoms. The predicted octanol–water partition coefficient (Wildman–Crippen LogP) is 3.19. The molecule has 4 heteroatoms. The van der Waals surface area contributed by atoms with Crippen LogP contribution in [-0.2, 0) is 4.79 Å². The lowest BCUT2D eigenvalue weighted by Crippen LogP contribution is -2.40. The van der Waals surface area contributed by atoms with Gasteiger partial charge in [-0.2, -0.15) is 0 Å². The highest BCUT2D eigenvalue weighted by Crippen LogP contribution is 2.21. The van der Waals surface area contributed by atoms with Crippen molar-refractivity contribution < 1.29 is 9.53 Å². The van der Waals surface area contributed by atoms with Crippen LogP contribution in [-0.4, -0.2) is 25.1 Å². The van der Waals surface area contributed by atoms with Crippen LogP contribution in [0.25, 0.3) is 0 Å². The minimum Gasteiger partial charge on any atom is -0.494 e. The zero-order valence-corrected chi connectivity index (χ0v) is 13.0. The third kappa shape index (κ3) is 5.05. The molecule has 0 aromatic heterocycles. The van der Waals surface area contributed by atoms with E-state index >= 15 is 0 Å². The number of anilines is 1. The Morgan fingerprint density at radius 3 is 3.10 bits per heavy atom. The van der Waals surface area contributed by atoms with Crippen LogP contribution in [0.4, 0.5) is 5.69 Å². The van der Waals surface area contributed by atoms with Crippen LogP contribution in [0.1, 0.15) is 39.5 Å². The summed E-state index contributed by atoms with van der Waals surface area (Å²) in [5.74, 6) is 1.04. The molecule has 1 fully saturated rings. The molecule has 1 heterocycles. The van der Waals surface area contributed by atoms with Gasteiger partial charge in [-0.05, 0) is 44.9 Å². The Kier molecular flexibility index (Phi) is 6.05. The first-order valence-electron chi connectivity index (χ1n) is 7.96. The van der Waals surface area contributed by atoms with Gasteiger partial charge in [-0.15, -0.1) is 0 Å². The predicted molar refractivity (Wildman–Crippen MR) is 85.7 cm³/mol. The zero-order valence-electron chi connectivity index (χ0n) is 13.0. The lowest BCUT2D eigenvalue weighted by Gasteiger charge is -2.27. The highest BCUT2D eigenvalue weighted by atomic mass is 16.5. The lowest BCUT2D eigenvalue weighted by molar-refractivity contribution is -0.120. The van der Waals surface area contributed by atoms with Gasteiger partial charge in [0.2, 0.25) is 5.91 Å². The largest absolute Gasteiger partial charge is 0.494 e. The highest BCUT2D eigenvalue weighted by Gasteiger charge is 2.24. The minimum absolute atomic E-state index is 0.103. The van der Waals surface area contributed by atoms with Gasteiger partial charge < -0.3 is 15.4 Å². The topological polar surface area (TPSA) is 50.4 Å². The highest BCUT2D eigenvalue weighted by molar-refractivity contribution is 5.92. The van der Waals surface area contributed by atoms with Crippen molar-refractivity contribution in [1.29, 1.82) is 0 Å². The molecule has 1 amide bonds. The molecule has 0 saturated carbocycles. The van der Waals surface area contributed by atoms with E-state index in [0.29, 0.717) is 6.04 Å². The van der Waals surface area contributed by atoms with E-state index < -0.39 is 0 Å². The Balaban J connectivity index is 1.89. The first-order valence-corrected chi connectivity index (χ1v) is 7.96. The summed E-state index contributed by atoms with van der Waals surface area (Å²) in [6.45, 7) is 5.90. The van der Waals surface area contributed by atoms with Gasteiger partial charge in [-0.1, -0.05) is 19.4 Å². The molecule has 1 aliphatic heterocycles. The van der Waals surface area contributed by atoms with E-state index in [4.69, 9.17) is 4.74 Å². The van der Waals surface area contributed by atoms with Gasteiger partial charge in [0.1, 0.15) is 5.75 Å². The minimum atomic E-state index is 0.103. The fourth-order valence-corrected chi connectivity index (χ4v) is 2.61. The summed E-state index contributed by atoms with van der Waals surface area (Å²) < 4.78 is 5.67. The normalized spacial score (nSPS) is 21.8. The van der Waals surface area contributed by atoms with Crippen molar-refractivity contribution >= 4 is 11.6 Å². The Labute approximate surface area is 127 Å². The Hall–Kier alpha value is -1.55. The number of benzene rings is 1. The smallest absolute Gasteiger partial charge is 0.227 e. The van der Waals surface area contributed by atoms with E-state index in [2.05, 4.69) is 24.5 Å². The summed E-state index contributed by atoms with van der Waals surface area (Å²) in [5.41, 5.74) is 0.820.